The maximum absolute atomic E-state index is 13.4. The number of ketones is 1. The number of ether oxygens (including phenoxy) is 1. The topological polar surface area (TPSA) is 43.4 Å². The molecule has 34 heavy (non-hydrogen) atoms. The van der Waals surface area contributed by atoms with E-state index in [1.54, 1.807) is 7.11 Å². The van der Waals surface area contributed by atoms with Gasteiger partial charge in [0.1, 0.15) is 5.78 Å². The Labute approximate surface area is 208 Å². The second kappa shape index (κ2) is 7.34. The summed E-state index contributed by atoms with van der Waals surface area (Å²) < 4.78 is 5.54. The van der Waals surface area contributed by atoms with Crippen LogP contribution in [0.5, 0.6) is 0 Å². The Bertz CT molecular complexity index is 891. The Morgan fingerprint density at radius 2 is 1.38 bits per heavy atom. The number of carbonyl (C=O) groups is 2. The van der Waals surface area contributed by atoms with E-state index >= 15 is 0 Å². The molecule has 0 aromatic heterocycles. The second-order valence-electron chi connectivity index (χ2n) is 15.3. The van der Waals surface area contributed by atoms with Gasteiger partial charge in [-0.25, -0.2) is 0 Å². The van der Waals surface area contributed by atoms with Gasteiger partial charge in [-0.1, -0.05) is 48.5 Å². The summed E-state index contributed by atoms with van der Waals surface area (Å²) in [5.74, 6) is 2.49. The van der Waals surface area contributed by atoms with E-state index in [1.165, 1.54) is 25.7 Å². The predicted molar refractivity (Wildman–Crippen MR) is 136 cm³/mol. The van der Waals surface area contributed by atoms with Gasteiger partial charge in [-0.2, -0.15) is 0 Å². The highest BCUT2D eigenvalue weighted by Gasteiger charge is 2.72. The molecule has 9 atom stereocenters. The number of hydrogen-bond donors (Lipinski definition) is 0. The smallest absolute Gasteiger partial charge is 0.312 e. The fourth-order valence-electron chi connectivity index (χ4n) is 11.4. The number of carbonyl (C=O) groups excluding carboxylic acids is 2. The predicted octanol–water partition coefficient (Wildman–Crippen LogP) is 7.61. The molecule has 5 saturated carbocycles. The van der Waals surface area contributed by atoms with Crippen LogP contribution in [0.15, 0.2) is 0 Å². The van der Waals surface area contributed by atoms with Gasteiger partial charge in [0, 0.05) is 12.3 Å². The Morgan fingerprint density at radius 3 is 2.06 bits per heavy atom. The van der Waals surface area contributed by atoms with Crippen molar-refractivity contribution in [2.24, 2.45) is 56.2 Å². The van der Waals surface area contributed by atoms with Gasteiger partial charge in [-0.3, -0.25) is 9.59 Å². The third-order valence-corrected chi connectivity index (χ3v) is 13.9. The average molecular weight is 471 g/mol. The van der Waals surface area contributed by atoms with Crippen LogP contribution in [0.3, 0.4) is 0 Å². The van der Waals surface area contributed by atoms with Gasteiger partial charge >= 0.3 is 5.97 Å². The largest absolute Gasteiger partial charge is 0.469 e. The molecule has 0 aromatic carbocycles. The Hall–Kier alpha value is -0.860. The normalized spacial score (nSPS) is 54.2. The summed E-state index contributed by atoms with van der Waals surface area (Å²) in [7, 11) is 1.61. The zero-order chi connectivity index (χ0) is 24.9. The lowest BCUT2D eigenvalue weighted by Gasteiger charge is -2.74. The standard InChI is InChI=1S/C31H50O3/c1-20-21(32)9-10-22-27(20,4)12-11-23-28(22,5)14-15-30(7)24-19-26(2,3)13-17-31(24,25(33)34-8)18-16-29(23,30)6/h20,22-24H,9-19H2,1-8H3/t20-,22+,23-,24-,27+,28-,29+,30-,31-/m0/s1. The van der Waals surface area contributed by atoms with Crippen molar-refractivity contribution in [2.75, 3.05) is 7.11 Å². The number of methoxy groups -OCH3 is 1. The molecule has 5 aliphatic rings. The maximum atomic E-state index is 13.4. The van der Waals surface area contributed by atoms with E-state index in [4.69, 9.17) is 4.74 Å². The average Bonchev–Trinajstić information content (AvgIpc) is 2.78. The van der Waals surface area contributed by atoms with Crippen LogP contribution in [0, 0.1) is 56.2 Å². The van der Waals surface area contributed by atoms with E-state index in [-0.39, 0.29) is 39.0 Å². The zero-order valence-electron chi connectivity index (χ0n) is 23.3. The SMILES string of the molecule is COC(=O)[C@]12CCC(C)(C)C[C@H]1[C@]1(C)CC[C@@]3(C)[C@@H]4CCC(=O)[C@H](C)[C@@]4(C)CC[C@@H]3[C@@]1(C)CC2. The van der Waals surface area contributed by atoms with Crippen LogP contribution in [-0.4, -0.2) is 18.9 Å². The molecule has 192 valence electrons. The van der Waals surface area contributed by atoms with Crippen molar-refractivity contribution in [3.63, 3.8) is 0 Å². The second-order valence-corrected chi connectivity index (χ2v) is 15.3. The molecule has 0 unspecified atom stereocenters. The van der Waals surface area contributed by atoms with Gasteiger partial charge in [-0.15, -0.1) is 0 Å². The molecule has 0 amide bonds. The van der Waals surface area contributed by atoms with Crippen LogP contribution in [0.1, 0.15) is 119 Å². The van der Waals surface area contributed by atoms with E-state index < -0.39 is 0 Å². The van der Waals surface area contributed by atoms with Gasteiger partial charge in [0.15, 0.2) is 0 Å². The van der Waals surface area contributed by atoms with Gasteiger partial charge in [0.2, 0.25) is 0 Å². The number of esters is 1. The Kier molecular flexibility index (Phi) is 5.36. The van der Waals surface area contributed by atoms with Crippen molar-refractivity contribution >= 4 is 11.8 Å². The molecule has 0 radical (unpaired) electrons. The third-order valence-electron chi connectivity index (χ3n) is 13.9. The molecule has 0 aromatic rings. The van der Waals surface area contributed by atoms with Crippen molar-refractivity contribution in [1.29, 1.82) is 0 Å². The van der Waals surface area contributed by atoms with Crippen molar-refractivity contribution in [2.45, 2.75) is 119 Å². The first-order valence-corrected chi connectivity index (χ1v) is 14.3. The minimum absolute atomic E-state index is 0.0699. The van der Waals surface area contributed by atoms with Crippen LogP contribution in [0.25, 0.3) is 0 Å². The van der Waals surface area contributed by atoms with Crippen LogP contribution in [0.2, 0.25) is 0 Å². The molecule has 3 heteroatoms. The van der Waals surface area contributed by atoms with Crippen molar-refractivity contribution < 1.29 is 14.3 Å². The number of rotatable bonds is 1. The maximum Gasteiger partial charge on any atom is 0.312 e. The molecule has 0 heterocycles. The highest BCUT2D eigenvalue weighted by molar-refractivity contribution is 5.82. The molecular formula is C31H50O3. The summed E-state index contributed by atoms with van der Waals surface area (Å²) in [4.78, 5) is 26.2. The molecule has 5 rings (SSSR count). The third kappa shape index (κ3) is 2.88. The molecule has 0 N–H and O–H groups in total. The molecule has 0 saturated heterocycles. The Balaban J connectivity index is 1.57. The summed E-state index contributed by atoms with van der Waals surface area (Å²) in [6, 6.07) is 0. The first-order valence-electron chi connectivity index (χ1n) is 14.3. The van der Waals surface area contributed by atoms with E-state index in [9.17, 15) is 9.59 Å². The fourth-order valence-corrected chi connectivity index (χ4v) is 11.4. The molecular weight excluding hydrogens is 420 g/mol. The molecule has 0 spiro atoms. The number of hydrogen-bond acceptors (Lipinski definition) is 3. The lowest BCUT2D eigenvalue weighted by molar-refractivity contribution is -0.259. The number of Topliss-reactive ketones (excluding diaryl/α,β-unsaturated/α-hetero) is 1. The van der Waals surface area contributed by atoms with Gasteiger partial charge < -0.3 is 4.74 Å². The minimum Gasteiger partial charge on any atom is -0.469 e. The first kappa shape index (κ1) is 24.8. The van der Waals surface area contributed by atoms with Crippen LogP contribution in [-0.2, 0) is 14.3 Å². The van der Waals surface area contributed by atoms with Gasteiger partial charge in [0.25, 0.3) is 0 Å². The molecule has 0 aliphatic heterocycles. The molecule has 5 fully saturated rings. The highest BCUT2D eigenvalue weighted by Crippen LogP contribution is 2.78. The van der Waals surface area contributed by atoms with Crippen LogP contribution < -0.4 is 0 Å². The van der Waals surface area contributed by atoms with E-state index in [0.29, 0.717) is 29.0 Å². The summed E-state index contributed by atoms with van der Waals surface area (Å²) >= 11 is 0. The van der Waals surface area contributed by atoms with Crippen LogP contribution >= 0.6 is 0 Å². The molecule has 5 aliphatic carbocycles. The monoisotopic (exact) mass is 470 g/mol. The van der Waals surface area contributed by atoms with Gasteiger partial charge in [0.05, 0.1) is 12.5 Å². The van der Waals surface area contributed by atoms with E-state index in [1.807, 2.05) is 0 Å². The van der Waals surface area contributed by atoms with Crippen molar-refractivity contribution in [1.82, 2.24) is 0 Å². The zero-order valence-corrected chi connectivity index (χ0v) is 23.3. The fraction of sp³-hybridized carbons (Fsp3) is 0.935. The van der Waals surface area contributed by atoms with Crippen molar-refractivity contribution in [3.8, 4) is 0 Å². The summed E-state index contributed by atoms with van der Waals surface area (Å²) in [5.41, 5.74) is 0.843. The lowest BCUT2D eigenvalue weighted by atomic mass is 9.30. The summed E-state index contributed by atoms with van der Waals surface area (Å²) in [6.45, 7) is 17.3. The highest BCUT2D eigenvalue weighted by atomic mass is 16.5. The lowest BCUT2D eigenvalue weighted by Crippen LogP contribution is -2.69. The molecule has 0 bridgehead atoms. The van der Waals surface area contributed by atoms with E-state index in [0.717, 1.165) is 44.9 Å². The number of fused-ring (bicyclic) bond motifs is 7. The Morgan fingerprint density at radius 1 is 0.765 bits per heavy atom. The van der Waals surface area contributed by atoms with E-state index in [2.05, 4.69) is 48.5 Å². The van der Waals surface area contributed by atoms with Crippen molar-refractivity contribution in [3.05, 3.63) is 0 Å². The summed E-state index contributed by atoms with van der Waals surface area (Å²) in [5, 5.41) is 0. The summed E-state index contributed by atoms with van der Waals surface area (Å²) in [6.07, 6.45) is 12.2. The molecule has 3 nitrogen and oxygen atoms in total. The first-order chi connectivity index (χ1) is 15.7. The quantitative estimate of drug-likeness (QED) is 0.370. The van der Waals surface area contributed by atoms with Crippen LogP contribution in [0.4, 0.5) is 0 Å². The minimum atomic E-state index is -0.290. The van der Waals surface area contributed by atoms with Gasteiger partial charge in [-0.05, 0) is 109 Å².